The van der Waals surface area contributed by atoms with Gasteiger partial charge in [0, 0.05) is 23.1 Å². The van der Waals surface area contributed by atoms with Crippen LogP contribution in [-0.4, -0.2) is 35.3 Å². The predicted octanol–water partition coefficient (Wildman–Crippen LogP) is 4.93. The summed E-state index contributed by atoms with van der Waals surface area (Å²) in [5.41, 5.74) is 2.46. The number of nitrogens with one attached hydrogen (secondary N) is 2. The van der Waals surface area contributed by atoms with E-state index in [1.54, 1.807) is 20.3 Å². The Morgan fingerprint density at radius 2 is 1.79 bits per heavy atom. The number of pyridine rings is 1. The number of methoxy groups -OCH3 is 2. The zero-order valence-corrected chi connectivity index (χ0v) is 20.2. The van der Waals surface area contributed by atoms with Crippen molar-refractivity contribution in [1.29, 1.82) is 0 Å². The molecular formula is C26H31N3O3S. The molecule has 2 N–H and O–H groups in total. The van der Waals surface area contributed by atoms with Crippen molar-refractivity contribution in [2.75, 3.05) is 14.2 Å². The van der Waals surface area contributed by atoms with E-state index in [9.17, 15) is 4.79 Å². The Hall–Kier alpha value is -3.06. The Labute approximate surface area is 199 Å². The molecule has 0 spiro atoms. The molecule has 1 saturated carbocycles. The van der Waals surface area contributed by atoms with Gasteiger partial charge in [0.15, 0.2) is 16.6 Å². The van der Waals surface area contributed by atoms with Crippen molar-refractivity contribution in [1.82, 2.24) is 15.2 Å². The molecule has 1 heterocycles. The van der Waals surface area contributed by atoms with Crippen molar-refractivity contribution < 1.29 is 9.47 Å². The molecule has 0 aliphatic heterocycles. The van der Waals surface area contributed by atoms with Crippen molar-refractivity contribution in [3.8, 4) is 11.5 Å². The zero-order valence-electron chi connectivity index (χ0n) is 19.4. The molecule has 0 amide bonds. The second-order valence-corrected chi connectivity index (χ2v) is 8.95. The van der Waals surface area contributed by atoms with Gasteiger partial charge in [0.2, 0.25) is 0 Å². The predicted molar refractivity (Wildman–Crippen MR) is 136 cm³/mol. The van der Waals surface area contributed by atoms with E-state index in [2.05, 4.69) is 34.3 Å². The molecule has 0 radical (unpaired) electrons. The SMILES string of the molecule is COc1cc2cc(CN(C(=S)NC(C)c3ccccc3)C3CCCC3)c(=O)[nH]c2cc1OC. The minimum absolute atomic E-state index is 0.0780. The van der Waals surface area contributed by atoms with Crippen LogP contribution >= 0.6 is 12.2 Å². The summed E-state index contributed by atoms with van der Waals surface area (Å²) in [6.45, 7) is 2.56. The van der Waals surface area contributed by atoms with Crippen LogP contribution in [0.3, 0.4) is 0 Å². The third-order valence-corrected chi connectivity index (χ3v) is 6.78. The van der Waals surface area contributed by atoms with Crippen LogP contribution in [0.25, 0.3) is 10.9 Å². The van der Waals surface area contributed by atoms with E-state index in [1.165, 1.54) is 18.4 Å². The molecule has 7 heteroatoms. The fourth-order valence-corrected chi connectivity index (χ4v) is 4.95. The normalized spacial score (nSPS) is 14.8. The Bertz CT molecular complexity index is 1170. The van der Waals surface area contributed by atoms with Gasteiger partial charge in [0.1, 0.15) is 0 Å². The topological polar surface area (TPSA) is 66.6 Å². The number of hydrogen-bond donors (Lipinski definition) is 2. The molecule has 1 aliphatic rings. The molecule has 33 heavy (non-hydrogen) atoms. The molecule has 1 aliphatic carbocycles. The van der Waals surface area contributed by atoms with Gasteiger partial charge in [-0.2, -0.15) is 0 Å². The summed E-state index contributed by atoms with van der Waals surface area (Å²) >= 11 is 5.86. The number of rotatable bonds is 7. The first-order valence-electron chi connectivity index (χ1n) is 11.4. The van der Waals surface area contributed by atoms with Crippen molar-refractivity contribution in [2.24, 2.45) is 0 Å². The van der Waals surface area contributed by atoms with Crippen LogP contribution in [0.4, 0.5) is 0 Å². The quantitative estimate of drug-likeness (QED) is 0.483. The third-order valence-electron chi connectivity index (χ3n) is 6.43. The summed E-state index contributed by atoms with van der Waals surface area (Å²) in [6.07, 6.45) is 4.53. The number of hydrogen-bond acceptors (Lipinski definition) is 4. The Balaban J connectivity index is 1.62. The number of aromatic nitrogens is 1. The first-order valence-corrected chi connectivity index (χ1v) is 11.8. The van der Waals surface area contributed by atoms with E-state index < -0.39 is 0 Å². The van der Waals surface area contributed by atoms with Crippen LogP contribution < -0.4 is 20.3 Å². The Morgan fingerprint density at radius 3 is 2.45 bits per heavy atom. The van der Waals surface area contributed by atoms with Gasteiger partial charge in [-0.3, -0.25) is 4.79 Å². The molecule has 4 rings (SSSR count). The minimum atomic E-state index is -0.114. The van der Waals surface area contributed by atoms with Gasteiger partial charge in [-0.1, -0.05) is 43.2 Å². The number of nitrogens with zero attached hydrogens (tertiary/aromatic N) is 1. The number of ether oxygens (including phenoxy) is 2. The Kier molecular flexibility index (Phi) is 7.18. The van der Waals surface area contributed by atoms with Crippen LogP contribution in [0.5, 0.6) is 11.5 Å². The third kappa shape index (κ3) is 5.14. The largest absolute Gasteiger partial charge is 0.493 e. The van der Waals surface area contributed by atoms with Crippen LogP contribution in [-0.2, 0) is 6.54 Å². The van der Waals surface area contributed by atoms with Gasteiger partial charge < -0.3 is 24.7 Å². The van der Waals surface area contributed by atoms with Crippen molar-refractivity contribution >= 4 is 28.2 Å². The molecule has 0 bridgehead atoms. The second-order valence-electron chi connectivity index (χ2n) is 8.57. The molecule has 1 atom stereocenters. The highest BCUT2D eigenvalue weighted by Gasteiger charge is 2.26. The van der Waals surface area contributed by atoms with Gasteiger partial charge >= 0.3 is 0 Å². The summed E-state index contributed by atoms with van der Waals surface area (Å²) in [6, 6.07) is 16.3. The lowest BCUT2D eigenvalue weighted by Gasteiger charge is -2.33. The number of thiocarbonyl (C=S) groups is 1. The lowest BCUT2D eigenvalue weighted by Crippen LogP contribution is -2.46. The van der Waals surface area contributed by atoms with Crippen LogP contribution in [0, 0.1) is 0 Å². The summed E-state index contributed by atoms with van der Waals surface area (Å²) in [5, 5.41) is 5.07. The molecule has 6 nitrogen and oxygen atoms in total. The number of fused-ring (bicyclic) bond motifs is 1. The van der Waals surface area contributed by atoms with Gasteiger partial charge in [0.05, 0.1) is 32.3 Å². The van der Waals surface area contributed by atoms with E-state index in [1.807, 2.05) is 30.3 Å². The monoisotopic (exact) mass is 465 g/mol. The summed E-state index contributed by atoms with van der Waals surface area (Å²) in [7, 11) is 3.19. The van der Waals surface area contributed by atoms with Gasteiger partial charge in [-0.25, -0.2) is 0 Å². The zero-order chi connectivity index (χ0) is 23.4. The molecule has 1 fully saturated rings. The fourth-order valence-electron chi connectivity index (χ4n) is 4.56. The molecule has 1 aromatic heterocycles. The van der Waals surface area contributed by atoms with Crippen molar-refractivity contribution in [3.05, 3.63) is 70.0 Å². The maximum atomic E-state index is 13.0. The van der Waals surface area contributed by atoms with E-state index in [4.69, 9.17) is 21.7 Å². The molecule has 174 valence electrons. The molecule has 1 unspecified atom stereocenters. The molecule has 0 saturated heterocycles. The summed E-state index contributed by atoms with van der Waals surface area (Å²) in [5.74, 6) is 1.21. The van der Waals surface area contributed by atoms with E-state index in [0.717, 1.165) is 18.2 Å². The number of H-pyrrole nitrogens is 1. The standard InChI is InChI=1S/C26H31N3O3S/c1-17(18-9-5-4-6-10-18)27-26(33)29(21-11-7-8-12-21)16-20-13-19-14-23(31-2)24(32-3)15-22(19)28-25(20)30/h4-6,9-10,13-15,17,21H,7-8,11-12,16H2,1-3H3,(H,27,33)(H,28,30). The first-order chi connectivity index (χ1) is 16.0. The first kappa shape index (κ1) is 23.1. The maximum absolute atomic E-state index is 13.0. The molecular weight excluding hydrogens is 434 g/mol. The minimum Gasteiger partial charge on any atom is -0.493 e. The average molecular weight is 466 g/mol. The number of benzene rings is 2. The Morgan fingerprint density at radius 1 is 1.12 bits per heavy atom. The van der Waals surface area contributed by atoms with E-state index >= 15 is 0 Å². The number of aromatic amines is 1. The van der Waals surface area contributed by atoms with Gasteiger partial charge in [-0.15, -0.1) is 0 Å². The highest BCUT2D eigenvalue weighted by atomic mass is 32.1. The van der Waals surface area contributed by atoms with Crippen LogP contribution in [0.15, 0.2) is 53.3 Å². The van der Waals surface area contributed by atoms with E-state index in [-0.39, 0.29) is 11.6 Å². The highest BCUT2D eigenvalue weighted by Crippen LogP contribution is 2.31. The smallest absolute Gasteiger partial charge is 0.253 e. The lowest BCUT2D eigenvalue weighted by molar-refractivity contribution is 0.300. The van der Waals surface area contributed by atoms with Crippen molar-refractivity contribution in [2.45, 2.75) is 51.2 Å². The average Bonchev–Trinajstić information content (AvgIpc) is 3.36. The fraction of sp³-hybridized carbons (Fsp3) is 0.385. The van der Waals surface area contributed by atoms with E-state index in [0.29, 0.717) is 40.3 Å². The van der Waals surface area contributed by atoms with Crippen LogP contribution in [0.1, 0.15) is 49.8 Å². The van der Waals surface area contributed by atoms with Gasteiger partial charge in [0.25, 0.3) is 5.56 Å². The molecule has 2 aromatic carbocycles. The van der Waals surface area contributed by atoms with Crippen LogP contribution in [0.2, 0.25) is 0 Å². The second kappa shape index (κ2) is 10.3. The van der Waals surface area contributed by atoms with Gasteiger partial charge in [-0.05, 0) is 49.7 Å². The maximum Gasteiger partial charge on any atom is 0.253 e. The lowest BCUT2D eigenvalue weighted by atomic mass is 10.1. The molecule has 3 aromatic rings. The summed E-state index contributed by atoms with van der Waals surface area (Å²) in [4.78, 5) is 18.2. The van der Waals surface area contributed by atoms with Crippen molar-refractivity contribution in [3.63, 3.8) is 0 Å². The highest BCUT2D eigenvalue weighted by molar-refractivity contribution is 7.80. The summed E-state index contributed by atoms with van der Waals surface area (Å²) < 4.78 is 10.8.